The summed E-state index contributed by atoms with van der Waals surface area (Å²) in [6.07, 6.45) is -3.33. The first-order valence-corrected chi connectivity index (χ1v) is 5.12. The molecule has 7 heteroatoms. The lowest BCUT2D eigenvalue weighted by atomic mass is 10.0. The van der Waals surface area contributed by atoms with Gasteiger partial charge < -0.3 is 0 Å². The molecule has 92 valence electrons. The summed E-state index contributed by atoms with van der Waals surface area (Å²) < 4.78 is 25.3. The largest absolute Gasteiger partial charge is 0.298 e. The van der Waals surface area contributed by atoms with E-state index in [0.717, 1.165) is 18.2 Å². The van der Waals surface area contributed by atoms with E-state index in [2.05, 4.69) is 0 Å². The quantitative estimate of drug-likeness (QED) is 0.466. The van der Waals surface area contributed by atoms with Crippen LogP contribution in [0.15, 0.2) is 18.2 Å². The lowest BCUT2D eigenvalue weighted by Gasteiger charge is -2.07. The lowest BCUT2D eigenvalue weighted by Crippen LogP contribution is -2.09. The zero-order valence-electron chi connectivity index (χ0n) is 8.53. The highest BCUT2D eigenvalue weighted by Gasteiger charge is 2.23. The number of ketones is 1. The minimum absolute atomic E-state index is 0.266. The zero-order chi connectivity index (χ0) is 13.0. The van der Waals surface area contributed by atoms with Gasteiger partial charge in [-0.15, -0.1) is 11.6 Å². The van der Waals surface area contributed by atoms with Crippen LogP contribution in [0.25, 0.3) is 0 Å². The SMILES string of the molecule is O=C(CCl)Cc1c(C(F)F)cccc1[N+](=O)[O-]. The summed E-state index contributed by atoms with van der Waals surface area (Å²) in [5.41, 5.74) is -1.25. The van der Waals surface area contributed by atoms with Crippen molar-refractivity contribution >= 4 is 23.1 Å². The summed E-state index contributed by atoms with van der Waals surface area (Å²) in [6.45, 7) is 0. The second-order valence-electron chi connectivity index (χ2n) is 3.25. The van der Waals surface area contributed by atoms with E-state index < -0.39 is 34.8 Å². The van der Waals surface area contributed by atoms with Crippen molar-refractivity contribution in [1.82, 2.24) is 0 Å². The minimum Gasteiger partial charge on any atom is -0.298 e. The number of Topliss-reactive ketones (excluding diaryl/α,β-unsaturated/α-hetero) is 1. The van der Waals surface area contributed by atoms with E-state index in [4.69, 9.17) is 11.6 Å². The van der Waals surface area contributed by atoms with Crippen LogP contribution in [0.1, 0.15) is 17.6 Å². The predicted octanol–water partition coefficient (Wildman–Crippen LogP) is 2.88. The van der Waals surface area contributed by atoms with Crippen molar-refractivity contribution in [3.05, 3.63) is 39.4 Å². The molecule has 17 heavy (non-hydrogen) atoms. The number of halogens is 3. The monoisotopic (exact) mass is 263 g/mol. The van der Waals surface area contributed by atoms with Crippen molar-refractivity contribution < 1.29 is 18.5 Å². The van der Waals surface area contributed by atoms with Gasteiger partial charge in [-0.25, -0.2) is 8.78 Å². The van der Waals surface area contributed by atoms with Crippen LogP contribution in [0.2, 0.25) is 0 Å². The van der Waals surface area contributed by atoms with E-state index in [-0.39, 0.29) is 11.4 Å². The first kappa shape index (κ1) is 13.5. The molecule has 0 atom stereocenters. The predicted molar refractivity (Wildman–Crippen MR) is 57.5 cm³/mol. The summed E-state index contributed by atoms with van der Waals surface area (Å²) in [5, 5.41) is 10.7. The standard InChI is InChI=1S/C10H8ClF2NO3/c11-5-6(15)4-8-7(10(12)13)2-1-3-9(8)14(16)17/h1-3,10H,4-5H2. The molecule has 1 aromatic carbocycles. The highest BCUT2D eigenvalue weighted by atomic mass is 35.5. The number of carbonyl (C=O) groups is 1. The minimum atomic E-state index is -2.87. The maximum atomic E-state index is 12.7. The second kappa shape index (κ2) is 5.67. The molecule has 0 fully saturated rings. The molecule has 0 aliphatic heterocycles. The third-order valence-electron chi connectivity index (χ3n) is 2.14. The average molecular weight is 264 g/mol. The lowest BCUT2D eigenvalue weighted by molar-refractivity contribution is -0.385. The number of alkyl halides is 3. The average Bonchev–Trinajstić information content (AvgIpc) is 2.28. The van der Waals surface area contributed by atoms with Crippen molar-refractivity contribution in [1.29, 1.82) is 0 Å². The highest BCUT2D eigenvalue weighted by molar-refractivity contribution is 6.27. The molecule has 0 amide bonds. The van der Waals surface area contributed by atoms with Crippen LogP contribution in [0.3, 0.4) is 0 Å². The summed E-state index contributed by atoms with van der Waals surface area (Å²) in [7, 11) is 0. The van der Waals surface area contributed by atoms with E-state index >= 15 is 0 Å². The first-order valence-electron chi connectivity index (χ1n) is 4.59. The molecule has 0 bridgehead atoms. The molecule has 0 N–H and O–H groups in total. The fourth-order valence-electron chi connectivity index (χ4n) is 1.40. The molecule has 1 rings (SSSR count). The molecule has 0 aliphatic rings. The Morgan fingerprint density at radius 1 is 1.47 bits per heavy atom. The number of benzene rings is 1. The smallest absolute Gasteiger partial charge is 0.273 e. The van der Waals surface area contributed by atoms with Crippen LogP contribution in [-0.4, -0.2) is 16.6 Å². The van der Waals surface area contributed by atoms with E-state index in [0.29, 0.717) is 0 Å². The molecule has 0 spiro atoms. The molecule has 0 heterocycles. The Kier molecular flexibility index (Phi) is 4.51. The Labute approximate surface area is 100 Å². The van der Waals surface area contributed by atoms with E-state index in [1.54, 1.807) is 0 Å². The maximum Gasteiger partial charge on any atom is 0.273 e. The third-order valence-corrected chi connectivity index (χ3v) is 2.44. The van der Waals surface area contributed by atoms with Crippen molar-refractivity contribution in [3.8, 4) is 0 Å². The molecule has 0 saturated heterocycles. The molecular weight excluding hydrogens is 256 g/mol. The number of carbonyl (C=O) groups excluding carboxylic acids is 1. The summed E-state index contributed by atoms with van der Waals surface area (Å²) >= 11 is 5.26. The number of nitrogens with zero attached hydrogens (tertiary/aromatic N) is 1. The van der Waals surface area contributed by atoms with Crippen molar-refractivity contribution in [3.63, 3.8) is 0 Å². The van der Waals surface area contributed by atoms with Gasteiger partial charge in [-0.2, -0.15) is 0 Å². The van der Waals surface area contributed by atoms with Crippen molar-refractivity contribution in [2.75, 3.05) is 5.88 Å². The van der Waals surface area contributed by atoms with Crippen LogP contribution in [0.5, 0.6) is 0 Å². The van der Waals surface area contributed by atoms with Crippen LogP contribution >= 0.6 is 11.6 Å². The number of rotatable bonds is 5. The fraction of sp³-hybridized carbons (Fsp3) is 0.300. The van der Waals surface area contributed by atoms with Gasteiger partial charge >= 0.3 is 0 Å². The number of nitro benzene ring substituents is 1. The molecule has 0 aliphatic carbocycles. The van der Waals surface area contributed by atoms with Gasteiger partial charge in [-0.05, 0) is 0 Å². The Morgan fingerprint density at radius 3 is 2.59 bits per heavy atom. The molecule has 1 aromatic rings. The molecule has 0 saturated carbocycles. The van der Waals surface area contributed by atoms with Crippen LogP contribution in [0.4, 0.5) is 14.5 Å². The van der Waals surface area contributed by atoms with Crippen molar-refractivity contribution in [2.24, 2.45) is 0 Å². The van der Waals surface area contributed by atoms with Gasteiger partial charge in [0.2, 0.25) is 0 Å². The van der Waals surface area contributed by atoms with Gasteiger partial charge in [0.05, 0.1) is 10.8 Å². The summed E-state index contributed by atoms with van der Waals surface area (Å²) in [5.74, 6) is -0.905. The van der Waals surface area contributed by atoms with Gasteiger partial charge in [0.1, 0.15) is 0 Å². The Bertz CT molecular complexity index is 451. The maximum absolute atomic E-state index is 12.7. The van der Waals surface area contributed by atoms with Gasteiger partial charge in [0, 0.05) is 23.6 Å². The normalized spacial score (nSPS) is 10.6. The number of hydrogen-bond donors (Lipinski definition) is 0. The highest BCUT2D eigenvalue weighted by Crippen LogP contribution is 2.30. The van der Waals surface area contributed by atoms with Gasteiger partial charge in [0.25, 0.3) is 12.1 Å². The Balaban J connectivity index is 3.28. The summed E-state index contributed by atoms with van der Waals surface area (Å²) in [4.78, 5) is 21.0. The topological polar surface area (TPSA) is 60.2 Å². The van der Waals surface area contributed by atoms with Crippen LogP contribution < -0.4 is 0 Å². The van der Waals surface area contributed by atoms with Gasteiger partial charge in [0.15, 0.2) is 5.78 Å². The molecule has 0 radical (unpaired) electrons. The van der Waals surface area contributed by atoms with Crippen molar-refractivity contribution in [2.45, 2.75) is 12.8 Å². The van der Waals surface area contributed by atoms with E-state index in [9.17, 15) is 23.7 Å². The first-order chi connectivity index (χ1) is 7.97. The zero-order valence-corrected chi connectivity index (χ0v) is 9.29. The molecule has 0 unspecified atom stereocenters. The van der Waals surface area contributed by atoms with E-state index in [1.165, 1.54) is 0 Å². The fourth-order valence-corrected chi connectivity index (χ4v) is 1.50. The Morgan fingerprint density at radius 2 is 2.12 bits per heavy atom. The molecule has 0 aromatic heterocycles. The number of hydrogen-bond acceptors (Lipinski definition) is 3. The van der Waals surface area contributed by atoms with Gasteiger partial charge in [-0.3, -0.25) is 14.9 Å². The second-order valence-corrected chi connectivity index (χ2v) is 3.52. The summed E-state index contributed by atoms with van der Waals surface area (Å²) in [6, 6.07) is 3.31. The Hall–Kier alpha value is -1.56. The third kappa shape index (κ3) is 3.20. The number of nitro groups is 1. The van der Waals surface area contributed by atoms with E-state index in [1.807, 2.05) is 0 Å². The van der Waals surface area contributed by atoms with Gasteiger partial charge in [-0.1, -0.05) is 12.1 Å². The molecule has 4 nitrogen and oxygen atoms in total. The van der Waals surface area contributed by atoms with Crippen LogP contribution in [-0.2, 0) is 11.2 Å². The van der Waals surface area contributed by atoms with Crippen LogP contribution in [0, 0.1) is 10.1 Å². The molecular formula is C10H8ClF2NO3.